The predicted octanol–water partition coefficient (Wildman–Crippen LogP) is 2.73. The van der Waals surface area contributed by atoms with Gasteiger partial charge in [0.15, 0.2) is 11.6 Å². The molecule has 1 atom stereocenters. The fourth-order valence-corrected chi connectivity index (χ4v) is 4.34. The second-order valence-corrected chi connectivity index (χ2v) is 7.62. The normalized spacial score (nSPS) is 22.2. The number of anilines is 1. The first-order chi connectivity index (χ1) is 12.5. The smallest absolute Gasteiger partial charge is 0.303 e. The first-order valence-corrected chi connectivity index (χ1v) is 9.34. The van der Waals surface area contributed by atoms with Crippen molar-refractivity contribution in [3.63, 3.8) is 0 Å². The molecule has 1 aromatic rings. The quantitative estimate of drug-likeness (QED) is 0.812. The number of nitrogens with zero attached hydrogens (tertiary/aromatic N) is 2. The van der Waals surface area contributed by atoms with E-state index in [0.29, 0.717) is 18.9 Å². The monoisotopic (exact) mass is 363 g/mol. The number of halogens is 1. The average Bonchev–Trinajstić information content (AvgIpc) is 3.03. The fourth-order valence-electron chi connectivity index (χ4n) is 4.34. The van der Waals surface area contributed by atoms with Crippen molar-refractivity contribution >= 4 is 17.7 Å². The maximum atomic E-state index is 13.9. The third-order valence-electron chi connectivity index (χ3n) is 5.57. The van der Waals surface area contributed by atoms with Gasteiger partial charge in [-0.3, -0.25) is 9.59 Å². The molecule has 2 aliphatic rings. The van der Waals surface area contributed by atoms with E-state index in [2.05, 4.69) is 10.3 Å². The molecule has 0 unspecified atom stereocenters. The molecule has 7 heteroatoms. The highest BCUT2D eigenvalue weighted by atomic mass is 19.1. The van der Waals surface area contributed by atoms with Crippen LogP contribution in [0.5, 0.6) is 0 Å². The van der Waals surface area contributed by atoms with E-state index in [1.807, 2.05) is 4.90 Å². The molecule has 2 fully saturated rings. The van der Waals surface area contributed by atoms with Crippen molar-refractivity contribution < 1.29 is 19.1 Å². The highest BCUT2D eigenvalue weighted by Crippen LogP contribution is 2.42. The van der Waals surface area contributed by atoms with Crippen LogP contribution in [0.25, 0.3) is 0 Å². The second kappa shape index (κ2) is 8.01. The zero-order valence-corrected chi connectivity index (χ0v) is 14.9. The van der Waals surface area contributed by atoms with E-state index in [1.54, 1.807) is 12.3 Å². The topological polar surface area (TPSA) is 82.5 Å². The molecule has 1 amide bonds. The molecule has 1 aliphatic carbocycles. The number of carboxylic acid groups (broad SMARTS) is 1. The molecular weight excluding hydrogens is 337 g/mol. The number of hydrogen-bond acceptors (Lipinski definition) is 4. The lowest BCUT2D eigenvalue weighted by Crippen LogP contribution is -2.41. The number of pyridine rings is 1. The number of rotatable bonds is 6. The molecule has 0 radical (unpaired) electrons. The van der Waals surface area contributed by atoms with Gasteiger partial charge in [-0.25, -0.2) is 9.37 Å². The highest BCUT2D eigenvalue weighted by Gasteiger charge is 2.37. The lowest BCUT2D eigenvalue weighted by atomic mass is 9.69. The number of aliphatic carboxylic acids is 1. The number of amides is 1. The van der Waals surface area contributed by atoms with Gasteiger partial charge in [-0.2, -0.15) is 0 Å². The van der Waals surface area contributed by atoms with Crippen LogP contribution in [0.15, 0.2) is 18.3 Å². The van der Waals surface area contributed by atoms with Crippen molar-refractivity contribution in [2.75, 3.05) is 18.0 Å². The molecule has 26 heavy (non-hydrogen) atoms. The molecule has 0 bridgehead atoms. The molecule has 2 N–H and O–H groups in total. The van der Waals surface area contributed by atoms with Crippen LogP contribution >= 0.6 is 0 Å². The van der Waals surface area contributed by atoms with Gasteiger partial charge in [0.05, 0.1) is 6.42 Å². The Bertz CT molecular complexity index is 661. The van der Waals surface area contributed by atoms with E-state index in [9.17, 15) is 19.1 Å². The van der Waals surface area contributed by atoms with Crippen molar-refractivity contribution in [1.29, 1.82) is 0 Å². The van der Waals surface area contributed by atoms with Crippen molar-refractivity contribution in [2.45, 2.75) is 57.4 Å². The van der Waals surface area contributed by atoms with Crippen LogP contribution in [-0.4, -0.2) is 41.1 Å². The van der Waals surface area contributed by atoms with Crippen LogP contribution in [0.3, 0.4) is 0 Å². The SMILES string of the molecule is O=C(O)CC1(CC(=O)N[C@H]2CCN(c3ncccc3F)C2)CCCCC1. The van der Waals surface area contributed by atoms with Crippen LogP contribution in [0.4, 0.5) is 10.2 Å². The van der Waals surface area contributed by atoms with E-state index in [-0.39, 0.29) is 30.6 Å². The summed E-state index contributed by atoms with van der Waals surface area (Å²) in [5.74, 6) is -0.972. The van der Waals surface area contributed by atoms with Crippen molar-refractivity contribution in [3.05, 3.63) is 24.1 Å². The first-order valence-electron chi connectivity index (χ1n) is 9.34. The van der Waals surface area contributed by atoms with Crippen LogP contribution in [0.1, 0.15) is 51.4 Å². The molecule has 2 heterocycles. The van der Waals surface area contributed by atoms with Gasteiger partial charge in [0.25, 0.3) is 0 Å². The van der Waals surface area contributed by atoms with Gasteiger partial charge in [-0.1, -0.05) is 19.3 Å². The predicted molar refractivity (Wildman–Crippen MR) is 95.3 cm³/mol. The summed E-state index contributed by atoms with van der Waals surface area (Å²) < 4.78 is 13.9. The maximum absolute atomic E-state index is 13.9. The van der Waals surface area contributed by atoms with Crippen molar-refractivity contribution in [3.8, 4) is 0 Å². The Morgan fingerprint density at radius 1 is 1.31 bits per heavy atom. The first kappa shape index (κ1) is 18.6. The van der Waals surface area contributed by atoms with Gasteiger partial charge in [-0.05, 0) is 36.8 Å². The summed E-state index contributed by atoms with van der Waals surface area (Å²) in [7, 11) is 0. The number of aromatic nitrogens is 1. The third-order valence-corrected chi connectivity index (χ3v) is 5.57. The zero-order chi connectivity index (χ0) is 18.6. The van der Waals surface area contributed by atoms with Crippen LogP contribution in [0.2, 0.25) is 0 Å². The number of hydrogen-bond donors (Lipinski definition) is 2. The van der Waals surface area contributed by atoms with Crippen LogP contribution in [0, 0.1) is 11.2 Å². The summed E-state index contributed by atoms with van der Waals surface area (Å²) >= 11 is 0. The molecule has 0 aromatic carbocycles. The van der Waals surface area contributed by atoms with E-state index < -0.39 is 11.4 Å². The Hall–Kier alpha value is -2.18. The zero-order valence-electron chi connectivity index (χ0n) is 14.9. The van der Waals surface area contributed by atoms with Crippen molar-refractivity contribution in [2.24, 2.45) is 5.41 Å². The Morgan fingerprint density at radius 2 is 2.08 bits per heavy atom. The Balaban J connectivity index is 1.56. The maximum Gasteiger partial charge on any atom is 0.303 e. The lowest BCUT2D eigenvalue weighted by Gasteiger charge is -2.35. The molecule has 1 aliphatic heterocycles. The standard InChI is InChI=1S/C19H26FN3O3/c20-15-5-4-9-21-18(15)23-10-6-14(13-23)22-16(24)11-19(12-17(25)26)7-2-1-3-8-19/h4-5,9,14H,1-3,6-8,10-13H2,(H,22,24)(H,25,26)/t14-/m0/s1. The Labute approximate surface area is 152 Å². The lowest BCUT2D eigenvalue weighted by molar-refractivity contribution is -0.141. The minimum Gasteiger partial charge on any atom is -0.481 e. The van der Waals surface area contributed by atoms with Gasteiger partial charge >= 0.3 is 5.97 Å². The second-order valence-electron chi connectivity index (χ2n) is 7.62. The van der Waals surface area contributed by atoms with Gasteiger partial charge in [-0.15, -0.1) is 0 Å². The molecule has 3 rings (SSSR count). The summed E-state index contributed by atoms with van der Waals surface area (Å²) in [5, 5.41) is 12.3. The molecule has 1 saturated heterocycles. The molecule has 142 valence electrons. The summed E-state index contributed by atoms with van der Waals surface area (Å²) in [5.41, 5.74) is -0.417. The van der Waals surface area contributed by atoms with Gasteiger partial charge in [0, 0.05) is 31.7 Å². The summed E-state index contributed by atoms with van der Waals surface area (Å²) in [6.07, 6.45) is 7.26. The summed E-state index contributed by atoms with van der Waals surface area (Å²) in [6.45, 7) is 1.16. The number of carbonyl (C=O) groups excluding carboxylic acids is 1. The number of nitrogens with one attached hydrogen (secondary N) is 1. The van der Waals surface area contributed by atoms with Crippen LogP contribution in [-0.2, 0) is 9.59 Å². The van der Waals surface area contributed by atoms with E-state index in [4.69, 9.17) is 0 Å². The molecular formula is C19H26FN3O3. The Kier molecular flexibility index (Phi) is 5.74. The van der Waals surface area contributed by atoms with Crippen LogP contribution < -0.4 is 10.2 Å². The van der Waals surface area contributed by atoms with Gasteiger partial charge in [0.1, 0.15) is 0 Å². The fraction of sp³-hybridized carbons (Fsp3) is 0.632. The third kappa shape index (κ3) is 4.51. The van der Waals surface area contributed by atoms with E-state index in [0.717, 1.165) is 38.5 Å². The van der Waals surface area contributed by atoms with Crippen molar-refractivity contribution in [1.82, 2.24) is 10.3 Å². The van der Waals surface area contributed by atoms with E-state index >= 15 is 0 Å². The molecule has 0 spiro atoms. The van der Waals surface area contributed by atoms with E-state index in [1.165, 1.54) is 6.07 Å². The minimum absolute atomic E-state index is 0.0519. The molecule has 6 nitrogen and oxygen atoms in total. The molecule has 1 saturated carbocycles. The summed E-state index contributed by atoms with van der Waals surface area (Å²) in [6, 6.07) is 2.88. The van der Waals surface area contributed by atoms with Gasteiger partial charge in [0.2, 0.25) is 5.91 Å². The van der Waals surface area contributed by atoms with Gasteiger partial charge < -0.3 is 15.3 Å². The average molecular weight is 363 g/mol. The summed E-state index contributed by atoms with van der Waals surface area (Å²) in [4.78, 5) is 29.7. The Morgan fingerprint density at radius 3 is 2.77 bits per heavy atom. The number of carboxylic acids is 1. The largest absolute Gasteiger partial charge is 0.481 e. The highest BCUT2D eigenvalue weighted by molar-refractivity contribution is 5.78. The molecule has 1 aromatic heterocycles. The number of carbonyl (C=O) groups is 2. The minimum atomic E-state index is -0.836.